The van der Waals surface area contributed by atoms with E-state index in [2.05, 4.69) is 15.9 Å². The Morgan fingerprint density at radius 2 is 1.50 bits per heavy atom. The Bertz CT molecular complexity index is 24.3. The van der Waals surface area contributed by atoms with E-state index in [0.29, 0.717) is 0 Å². The average Bonchev–Trinajstić information content (AvgIpc) is 0.722. The Morgan fingerprint density at radius 3 is 1.50 bits per heavy atom. The Kier molecular flexibility index (Phi) is 5.00. The summed E-state index contributed by atoms with van der Waals surface area (Å²) in [5.41, 5.74) is 0. The Hall–Kier alpha value is 0.920. The highest BCUT2D eigenvalue weighted by molar-refractivity contribution is 9.10. The van der Waals surface area contributed by atoms with Crippen molar-refractivity contribution in [3.05, 3.63) is 0 Å². The largest absolute Gasteiger partial charge is 0.379 e. The number of aliphatic hydroxyl groups is 1. The molecule has 0 rings (SSSR count). The van der Waals surface area contributed by atoms with Crippen molar-refractivity contribution in [1.29, 1.82) is 0 Å². The fourth-order valence-corrected chi connectivity index (χ4v) is 0. The Labute approximate surface area is 56.6 Å². The van der Waals surface area contributed by atoms with E-state index in [1.165, 1.54) is 0 Å². The zero-order valence-electron chi connectivity index (χ0n) is 3.73. The molecule has 0 saturated carbocycles. The summed E-state index contributed by atoms with van der Waals surface area (Å²) in [6.45, 7) is 3.32. The van der Waals surface area contributed by atoms with E-state index in [-0.39, 0.29) is 17.0 Å². The van der Waals surface area contributed by atoms with Crippen molar-refractivity contribution in [2.45, 2.75) is 18.4 Å². The zero-order valence-corrected chi connectivity index (χ0v) is 7.03. The van der Waals surface area contributed by atoms with Gasteiger partial charge in [0.2, 0.25) is 0 Å². The van der Waals surface area contributed by atoms with Crippen LogP contribution in [0.1, 0.15) is 13.8 Å². The van der Waals surface area contributed by atoms with E-state index < -0.39 is 4.51 Å². The van der Waals surface area contributed by atoms with Crippen LogP contribution in [-0.2, 0) is 0 Å². The van der Waals surface area contributed by atoms with Crippen LogP contribution in [0.25, 0.3) is 0 Å². The third-order valence-corrected chi connectivity index (χ3v) is 0. The molecule has 0 unspecified atom stereocenters. The van der Waals surface area contributed by atoms with E-state index >= 15 is 0 Å². The normalized spacial score (nSPS) is 10.0. The quantitative estimate of drug-likeness (QED) is 0.615. The monoisotopic (exact) mass is 218 g/mol. The van der Waals surface area contributed by atoms with E-state index in [0.717, 1.165) is 0 Å². The van der Waals surface area contributed by atoms with Gasteiger partial charge in [-0.1, -0.05) is 15.9 Å². The van der Waals surface area contributed by atoms with Gasteiger partial charge in [0, 0.05) is 0 Å². The smallest absolute Gasteiger partial charge is 0.114 e. The molecule has 0 aromatic carbocycles. The maximum absolute atomic E-state index is 8.44. The highest BCUT2D eigenvalue weighted by atomic mass is 79.9. The number of rotatable bonds is 0. The van der Waals surface area contributed by atoms with Crippen LogP contribution in [0.4, 0.5) is 0 Å². The summed E-state index contributed by atoms with van der Waals surface area (Å²) < 4.78 is -0.688. The number of hydrogen-bond donors (Lipinski definition) is 1. The summed E-state index contributed by atoms with van der Waals surface area (Å²) in [5.74, 6) is 0. The van der Waals surface area contributed by atoms with Crippen molar-refractivity contribution in [2.75, 3.05) is 0 Å². The van der Waals surface area contributed by atoms with Crippen LogP contribution in [0.5, 0.6) is 0 Å². The van der Waals surface area contributed by atoms with Gasteiger partial charge in [-0.25, -0.2) is 0 Å². The molecule has 0 spiro atoms. The van der Waals surface area contributed by atoms with Crippen molar-refractivity contribution < 1.29 is 5.11 Å². The third kappa shape index (κ3) is 89.3. The third-order valence-electron chi connectivity index (χ3n) is 0. The number of hydrogen-bond acceptors (Lipinski definition) is 1. The fourth-order valence-electron chi connectivity index (χ4n) is 0. The maximum atomic E-state index is 8.44. The molecule has 0 saturated heterocycles. The summed E-state index contributed by atoms with van der Waals surface area (Å²) in [6.07, 6.45) is 0. The van der Waals surface area contributed by atoms with Gasteiger partial charge in [0.15, 0.2) is 0 Å². The van der Waals surface area contributed by atoms with Gasteiger partial charge in [-0.3, -0.25) is 0 Å². The van der Waals surface area contributed by atoms with Crippen LogP contribution in [0.2, 0.25) is 0 Å². The van der Waals surface area contributed by atoms with E-state index in [1.54, 1.807) is 13.8 Å². The summed E-state index contributed by atoms with van der Waals surface area (Å²) >= 11 is 2.93. The van der Waals surface area contributed by atoms with Crippen LogP contribution >= 0.6 is 32.9 Å². The lowest BCUT2D eigenvalue weighted by Crippen LogP contribution is -2.04. The van der Waals surface area contributed by atoms with Gasteiger partial charge in [0.25, 0.3) is 0 Å². The van der Waals surface area contributed by atoms with Crippen molar-refractivity contribution in [1.82, 2.24) is 0 Å². The molecule has 0 amide bonds. The molecule has 0 fully saturated rings. The van der Waals surface area contributed by atoms with Crippen LogP contribution < -0.4 is 0 Å². The second-order valence-corrected chi connectivity index (χ2v) is 3.35. The number of halogens is 2. The van der Waals surface area contributed by atoms with Gasteiger partial charge in [0.1, 0.15) is 4.51 Å². The lowest BCUT2D eigenvalue weighted by Gasteiger charge is -2.01. The van der Waals surface area contributed by atoms with Gasteiger partial charge in [-0.05, 0) is 13.8 Å². The lowest BCUT2D eigenvalue weighted by atomic mass is 10.5. The second kappa shape index (κ2) is 2.99. The van der Waals surface area contributed by atoms with Gasteiger partial charge >= 0.3 is 0 Å². The highest BCUT2D eigenvalue weighted by Crippen LogP contribution is 2.07. The van der Waals surface area contributed by atoms with Crippen molar-refractivity contribution in [3.8, 4) is 0 Å². The molecule has 1 N–H and O–H groups in total. The first-order valence-electron chi connectivity index (χ1n) is 1.41. The average molecular weight is 220 g/mol. The molecule has 6 heavy (non-hydrogen) atoms. The number of alkyl halides is 1. The van der Waals surface area contributed by atoms with Crippen LogP contribution in [0, 0.1) is 0 Å². The Balaban J connectivity index is 0. The van der Waals surface area contributed by atoms with Crippen molar-refractivity contribution >= 4 is 32.9 Å². The predicted molar refractivity (Wildman–Crippen MR) is 35.5 cm³/mol. The lowest BCUT2D eigenvalue weighted by molar-refractivity contribution is 0.187. The molecule has 0 aromatic heterocycles. The molecule has 0 heterocycles. The maximum Gasteiger partial charge on any atom is 0.114 e. The van der Waals surface area contributed by atoms with Crippen molar-refractivity contribution in [3.63, 3.8) is 0 Å². The minimum atomic E-state index is -0.688. The van der Waals surface area contributed by atoms with Crippen molar-refractivity contribution in [2.24, 2.45) is 0 Å². The molecule has 0 bridgehead atoms. The SMILES string of the molecule is Br.CC(C)(O)Br. The second-order valence-electron chi connectivity index (χ2n) is 1.41. The molecule has 3 heteroatoms. The summed E-state index contributed by atoms with van der Waals surface area (Å²) in [6, 6.07) is 0. The van der Waals surface area contributed by atoms with Crippen LogP contribution in [-0.4, -0.2) is 9.62 Å². The van der Waals surface area contributed by atoms with Gasteiger partial charge < -0.3 is 5.11 Å². The topological polar surface area (TPSA) is 20.2 Å². The van der Waals surface area contributed by atoms with Crippen LogP contribution in [0.15, 0.2) is 0 Å². The minimum Gasteiger partial charge on any atom is -0.379 e. The molecule has 0 aliphatic carbocycles. The summed E-state index contributed by atoms with van der Waals surface area (Å²) in [7, 11) is 0. The highest BCUT2D eigenvalue weighted by Gasteiger charge is 2.01. The van der Waals surface area contributed by atoms with E-state index in [4.69, 9.17) is 5.11 Å². The summed E-state index contributed by atoms with van der Waals surface area (Å²) in [5, 5.41) is 8.44. The summed E-state index contributed by atoms with van der Waals surface area (Å²) in [4.78, 5) is 0. The van der Waals surface area contributed by atoms with Gasteiger partial charge in [0.05, 0.1) is 0 Å². The first-order chi connectivity index (χ1) is 2.00. The predicted octanol–water partition coefficient (Wildman–Crippen LogP) is 1.69. The molecular weight excluding hydrogens is 212 g/mol. The molecule has 0 aliphatic heterocycles. The minimum absolute atomic E-state index is 0. The first-order valence-corrected chi connectivity index (χ1v) is 2.21. The van der Waals surface area contributed by atoms with E-state index in [9.17, 15) is 0 Å². The molecule has 0 aromatic rings. The van der Waals surface area contributed by atoms with Gasteiger partial charge in [-0.2, -0.15) is 0 Å². The molecule has 1 nitrogen and oxygen atoms in total. The first kappa shape index (κ1) is 10.0. The van der Waals surface area contributed by atoms with Gasteiger partial charge in [-0.15, -0.1) is 17.0 Å². The molecule has 40 valence electrons. The van der Waals surface area contributed by atoms with Crippen LogP contribution in [0.3, 0.4) is 0 Å². The van der Waals surface area contributed by atoms with E-state index in [1.807, 2.05) is 0 Å². The standard InChI is InChI=1S/C3H7BrO.BrH/c1-3(2,4)5;/h5H,1-2H3;1H. The zero-order chi connectivity index (χ0) is 4.50. The molecular formula is C3H8Br2O. The molecule has 0 atom stereocenters. The molecule has 0 aliphatic rings. The Morgan fingerprint density at radius 1 is 1.50 bits per heavy atom. The fraction of sp³-hybridized carbons (Fsp3) is 1.00. The molecule has 0 radical (unpaired) electrons.